The second-order valence-corrected chi connectivity index (χ2v) is 6.24. The van der Waals surface area contributed by atoms with E-state index in [-0.39, 0.29) is 11.9 Å². The number of fused-ring (bicyclic) bond motifs is 1. The molecule has 3 heterocycles. The summed E-state index contributed by atoms with van der Waals surface area (Å²) < 4.78 is 0. The van der Waals surface area contributed by atoms with Crippen LogP contribution in [0.25, 0.3) is 11.0 Å². The predicted octanol–water partition coefficient (Wildman–Crippen LogP) is 2.85. The highest BCUT2D eigenvalue weighted by Gasteiger charge is 2.32. The maximum Gasteiger partial charge on any atom is 0.229 e. The van der Waals surface area contributed by atoms with Crippen LogP contribution in [0.4, 0.5) is 0 Å². The monoisotopic (exact) mass is 330 g/mol. The van der Waals surface area contributed by atoms with Crippen LogP contribution in [0.3, 0.4) is 0 Å². The molecule has 5 heteroatoms. The summed E-state index contributed by atoms with van der Waals surface area (Å²) in [5.74, 6) is 3.55. The molecule has 1 amide bonds. The van der Waals surface area contributed by atoms with E-state index in [2.05, 4.69) is 20.9 Å². The zero-order chi connectivity index (χ0) is 17.2. The van der Waals surface area contributed by atoms with Crippen molar-refractivity contribution < 1.29 is 4.79 Å². The summed E-state index contributed by atoms with van der Waals surface area (Å²) in [6.45, 7) is 0.753. The fraction of sp³-hybridized carbons (Fsp3) is 0.250. The maximum atomic E-state index is 12.7. The summed E-state index contributed by atoms with van der Waals surface area (Å²) in [4.78, 5) is 26.9. The van der Waals surface area contributed by atoms with Gasteiger partial charge < -0.3 is 9.88 Å². The van der Waals surface area contributed by atoms with Crippen LogP contribution in [0.1, 0.15) is 36.0 Å². The van der Waals surface area contributed by atoms with Gasteiger partial charge in [-0.3, -0.25) is 9.78 Å². The average Bonchev–Trinajstić information content (AvgIpc) is 3.28. The molecule has 1 atom stereocenters. The molecule has 1 aliphatic heterocycles. The van der Waals surface area contributed by atoms with Gasteiger partial charge in [-0.05, 0) is 43.2 Å². The van der Waals surface area contributed by atoms with E-state index < -0.39 is 0 Å². The normalized spacial score (nSPS) is 16.9. The highest BCUT2D eigenvalue weighted by molar-refractivity contribution is 5.80. The molecule has 1 N–H and O–H groups in total. The number of amides is 1. The number of nitrogens with zero attached hydrogens (tertiary/aromatic N) is 3. The Labute approximate surface area is 146 Å². The Bertz CT molecular complexity index is 955. The van der Waals surface area contributed by atoms with Gasteiger partial charge in [-0.2, -0.15) is 0 Å². The highest BCUT2D eigenvalue weighted by atomic mass is 16.2. The van der Waals surface area contributed by atoms with Crippen LogP contribution in [-0.2, 0) is 11.2 Å². The third kappa shape index (κ3) is 2.99. The Morgan fingerprint density at radius 2 is 2.28 bits per heavy atom. The number of pyridine rings is 1. The van der Waals surface area contributed by atoms with Crippen LogP contribution in [0.2, 0.25) is 0 Å². The number of aromatic nitrogens is 3. The van der Waals surface area contributed by atoms with Gasteiger partial charge in [-0.15, -0.1) is 6.42 Å². The highest BCUT2D eigenvalue weighted by Crippen LogP contribution is 2.32. The summed E-state index contributed by atoms with van der Waals surface area (Å²) in [5, 5.41) is 0. The summed E-state index contributed by atoms with van der Waals surface area (Å²) in [6, 6.07) is 11.3. The van der Waals surface area contributed by atoms with Crippen LogP contribution in [-0.4, -0.2) is 32.3 Å². The molecule has 4 rings (SSSR count). The smallest absolute Gasteiger partial charge is 0.229 e. The first-order chi connectivity index (χ1) is 12.2. The number of imidazole rings is 1. The number of hydrogen-bond donors (Lipinski definition) is 1. The van der Waals surface area contributed by atoms with Crippen LogP contribution < -0.4 is 0 Å². The minimum absolute atomic E-state index is 0.0158. The predicted molar refractivity (Wildman–Crippen MR) is 95.7 cm³/mol. The molecule has 0 aliphatic carbocycles. The Morgan fingerprint density at radius 1 is 1.36 bits per heavy atom. The summed E-state index contributed by atoms with van der Waals surface area (Å²) >= 11 is 0. The molecule has 0 saturated carbocycles. The minimum Gasteiger partial charge on any atom is -0.340 e. The van der Waals surface area contributed by atoms with Crippen molar-refractivity contribution >= 4 is 16.9 Å². The van der Waals surface area contributed by atoms with Crippen molar-refractivity contribution in [3.8, 4) is 12.3 Å². The zero-order valence-electron chi connectivity index (χ0n) is 13.8. The lowest BCUT2D eigenvalue weighted by molar-refractivity contribution is -0.131. The SMILES string of the molecule is C#Cc1ccc2nc([C@@H]3CCCN3C(=O)Cc3ccccn3)[nH]c2c1. The Hall–Kier alpha value is -3.13. The number of carbonyl (C=O) groups is 1. The first kappa shape index (κ1) is 15.4. The van der Waals surface area contributed by atoms with Crippen molar-refractivity contribution in [2.24, 2.45) is 0 Å². The third-order valence-corrected chi connectivity index (χ3v) is 4.61. The molecular formula is C20H18N4O. The van der Waals surface area contributed by atoms with E-state index in [1.54, 1.807) is 6.20 Å². The average molecular weight is 330 g/mol. The van der Waals surface area contributed by atoms with Crippen molar-refractivity contribution in [3.63, 3.8) is 0 Å². The lowest BCUT2D eigenvalue weighted by Gasteiger charge is -2.23. The number of benzene rings is 1. The molecule has 2 aromatic heterocycles. The quantitative estimate of drug-likeness (QED) is 0.751. The number of aromatic amines is 1. The number of terminal acetylenes is 1. The Kier molecular flexibility index (Phi) is 3.95. The van der Waals surface area contributed by atoms with E-state index in [1.807, 2.05) is 41.3 Å². The van der Waals surface area contributed by atoms with E-state index in [1.165, 1.54) is 0 Å². The minimum atomic E-state index is -0.0158. The molecule has 1 saturated heterocycles. The second-order valence-electron chi connectivity index (χ2n) is 6.24. The number of carbonyl (C=O) groups excluding carboxylic acids is 1. The van der Waals surface area contributed by atoms with Crippen LogP contribution in [0, 0.1) is 12.3 Å². The third-order valence-electron chi connectivity index (χ3n) is 4.61. The van der Waals surface area contributed by atoms with E-state index in [0.717, 1.165) is 47.5 Å². The van der Waals surface area contributed by atoms with Gasteiger partial charge in [0.05, 0.1) is 23.5 Å². The number of H-pyrrole nitrogens is 1. The lowest BCUT2D eigenvalue weighted by atomic mass is 10.2. The van der Waals surface area contributed by atoms with Gasteiger partial charge in [0.15, 0.2) is 0 Å². The lowest BCUT2D eigenvalue weighted by Crippen LogP contribution is -2.32. The maximum absolute atomic E-state index is 12.7. The van der Waals surface area contributed by atoms with E-state index in [9.17, 15) is 4.79 Å². The zero-order valence-corrected chi connectivity index (χ0v) is 13.8. The van der Waals surface area contributed by atoms with Crippen LogP contribution in [0.5, 0.6) is 0 Å². The summed E-state index contributed by atoms with van der Waals surface area (Å²) in [6.07, 6.45) is 9.38. The first-order valence-electron chi connectivity index (χ1n) is 8.40. The van der Waals surface area contributed by atoms with Gasteiger partial charge in [0.2, 0.25) is 5.91 Å². The largest absolute Gasteiger partial charge is 0.340 e. The van der Waals surface area contributed by atoms with Crippen molar-refractivity contribution in [2.45, 2.75) is 25.3 Å². The summed E-state index contributed by atoms with van der Waals surface area (Å²) in [5.41, 5.74) is 3.39. The van der Waals surface area contributed by atoms with Crippen LogP contribution in [0.15, 0.2) is 42.6 Å². The fourth-order valence-corrected chi connectivity index (χ4v) is 3.39. The molecule has 3 aromatic rings. The van der Waals surface area contributed by atoms with Gasteiger partial charge in [0.25, 0.3) is 0 Å². The molecule has 0 unspecified atom stereocenters. The molecular weight excluding hydrogens is 312 g/mol. The second kappa shape index (κ2) is 6.40. The Morgan fingerprint density at radius 3 is 3.08 bits per heavy atom. The van der Waals surface area contributed by atoms with Crippen molar-refractivity contribution in [3.05, 3.63) is 59.7 Å². The fourth-order valence-electron chi connectivity index (χ4n) is 3.39. The van der Waals surface area contributed by atoms with Gasteiger partial charge in [-0.25, -0.2) is 4.98 Å². The number of rotatable bonds is 3. The molecule has 5 nitrogen and oxygen atoms in total. The Balaban J connectivity index is 1.59. The van der Waals surface area contributed by atoms with Crippen molar-refractivity contribution in [1.82, 2.24) is 19.9 Å². The van der Waals surface area contributed by atoms with Gasteiger partial charge in [0, 0.05) is 24.0 Å². The van der Waals surface area contributed by atoms with Gasteiger partial charge >= 0.3 is 0 Å². The number of nitrogens with one attached hydrogen (secondary N) is 1. The summed E-state index contributed by atoms with van der Waals surface area (Å²) in [7, 11) is 0. The molecule has 0 bridgehead atoms. The van der Waals surface area contributed by atoms with E-state index in [0.29, 0.717) is 6.42 Å². The van der Waals surface area contributed by atoms with Crippen molar-refractivity contribution in [1.29, 1.82) is 0 Å². The molecule has 0 spiro atoms. The molecule has 124 valence electrons. The molecule has 0 radical (unpaired) electrons. The molecule has 1 aliphatic rings. The van der Waals surface area contributed by atoms with Crippen molar-refractivity contribution in [2.75, 3.05) is 6.54 Å². The number of hydrogen-bond acceptors (Lipinski definition) is 3. The molecule has 1 fully saturated rings. The van der Waals surface area contributed by atoms with Gasteiger partial charge in [-0.1, -0.05) is 12.0 Å². The van der Waals surface area contributed by atoms with E-state index >= 15 is 0 Å². The van der Waals surface area contributed by atoms with E-state index in [4.69, 9.17) is 6.42 Å². The molecule has 25 heavy (non-hydrogen) atoms. The standard InChI is InChI=1S/C20H18N4O/c1-2-14-8-9-16-17(12-14)23-20(22-16)18-7-5-11-24(18)19(25)13-15-6-3-4-10-21-15/h1,3-4,6,8-10,12,18H,5,7,11,13H2,(H,22,23)/t18-/m0/s1. The van der Waals surface area contributed by atoms with Crippen LogP contribution >= 0.6 is 0 Å². The topological polar surface area (TPSA) is 61.9 Å². The first-order valence-corrected chi connectivity index (χ1v) is 8.40. The van der Waals surface area contributed by atoms with Gasteiger partial charge in [0.1, 0.15) is 5.82 Å². The molecule has 1 aromatic carbocycles. The number of likely N-dealkylation sites (tertiary alicyclic amines) is 1.